The van der Waals surface area contributed by atoms with Crippen LogP contribution in [-0.4, -0.2) is 48.2 Å². The standard InChI is InChI=1S/C29H26F3NO4S/c1-17-11-19(32)12-18(14-31)26(17)27(35)29-28(24-8-3-20(34)13-25(24)38-29)37-22-6-4-21(5-7-22)36-23-15-33(16-23)10-2-9-30/h3-8,11-13,23,34H,2,9-10,14-16H2,1H3. The number of carbonyl (C=O) groups is 1. The van der Waals surface area contributed by atoms with Crippen molar-refractivity contribution in [2.75, 3.05) is 26.3 Å². The number of halogens is 3. The lowest BCUT2D eigenvalue weighted by molar-refractivity contribution is 0.0184. The van der Waals surface area contributed by atoms with Crippen LogP contribution in [0.3, 0.4) is 0 Å². The summed E-state index contributed by atoms with van der Waals surface area (Å²) >= 11 is 1.12. The summed E-state index contributed by atoms with van der Waals surface area (Å²) in [5.74, 6) is 0.346. The van der Waals surface area contributed by atoms with E-state index in [-0.39, 0.29) is 40.3 Å². The second-order valence-electron chi connectivity index (χ2n) is 9.28. The van der Waals surface area contributed by atoms with Crippen LogP contribution >= 0.6 is 11.3 Å². The zero-order valence-electron chi connectivity index (χ0n) is 20.7. The van der Waals surface area contributed by atoms with Crippen molar-refractivity contribution in [1.82, 2.24) is 4.90 Å². The molecule has 0 saturated carbocycles. The first kappa shape index (κ1) is 26.1. The van der Waals surface area contributed by atoms with E-state index in [0.717, 1.165) is 37.0 Å². The highest BCUT2D eigenvalue weighted by atomic mass is 32.1. The van der Waals surface area contributed by atoms with Crippen molar-refractivity contribution in [3.05, 3.63) is 82.0 Å². The smallest absolute Gasteiger partial charge is 0.207 e. The van der Waals surface area contributed by atoms with E-state index in [1.807, 2.05) is 0 Å². The van der Waals surface area contributed by atoms with E-state index in [0.29, 0.717) is 33.6 Å². The first-order valence-electron chi connectivity index (χ1n) is 12.2. The molecule has 1 aliphatic rings. The minimum absolute atomic E-state index is 0.0282. The van der Waals surface area contributed by atoms with E-state index >= 15 is 0 Å². The molecule has 9 heteroatoms. The Labute approximate surface area is 222 Å². The molecule has 2 heterocycles. The summed E-state index contributed by atoms with van der Waals surface area (Å²) in [5, 5.41) is 10.6. The topological polar surface area (TPSA) is 59.0 Å². The average Bonchev–Trinajstić information content (AvgIpc) is 3.22. The molecular formula is C29H26F3NO4S. The molecule has 0 aliphatic carbocycles. The van der Waals surface area contributed by atoms with Crippen LogP contribution in [0, 0.1) is 12.7 Å². The minimum Gasteiger partial charge on any atom is -0.508 e. The summed E-state index contributed by atoms with van der Waals surface area (Å²) in [4.78, 5) is 16.0. The molecule has 38 heavy (non-hydrogen) atoms. The van der Waals surface area contributed by atoms with E-state index in [2.05, 4.69) is 4.90 Å². The van der Waals surface area contributed by atoms with Gasteiger partial charge in [0.05, 0.1) is 6.67 Å². The molecule has 1 fully saturated rings. The van der Waals surface area contributed by atoms with Crippen LogP contribution in [0.1, 0.15) is 32.8 Å². The van der Waals surface area contributed by atoms with Gasteiger partial charge in [-0.25, -0.2) is 8.78 Å². The molecule has 0 amide bonds. The molecule has 4 aromatic rings. The molecular weight excluding hydrogens is 515 g/mol. The summed E-state index contributed by atoms with van der Waals surface area (Å²) in [5.41, 5.74) is 0.397. The SMILES string of the molecule is Cc1cc(F)cc(CF)c1C(=O)c1sc2cc(O)ccc2c1Oc1ccc(OC2CN(CCCF)C2)cc1. The molecule has 1 N–H and O–H groups in total. The van der Waals surface area contributed by atoms with E-state index in [1.54, 1.807) is 37.3 Å². The number of carbonyl (C=O) groups excluding carboxylic acids is 1. The van der Waals surface area contributed by atoms with Gasteiger partial charge < -0.3 is 14.6 Å². The molecule has 1 aromatic heterocycles. The number of rotatable bonds is 10. The number of aromatic hydroxyl groups is 1. The molecule has 5 nitrogen and oxygen atoms in total. The van der Waals surface area contributed by atoms with Gasteiger partial charge in [0.25, 0.3) is 0 Å². The molecule has 0 spiro atoms. The summed E-state index contributed by atoms with van der Waals surface area (Å²) in [7, 11) is 0. The Kier molecular flexibility index (Phi) is 7.58. The fraction of sp³-hybridized carbons (Fsp3) is 0.276. The molecule has 0 atom stereocenters. The summed E-state index contributed by atoms with van der Waals surface area (Å²) in [6.07, 6.45) is 0.568. The van der Waals surface area contributed by atoms with Crippen molar-refractivity contribution < 1.29 is 32.5 Å². The number of ketones is 1. The van der Waals surface area contributed by atoms with Gasteiger partial charge in [-0.15, -0.1) is 11.3 Å². The second-order valence-corrected chi connectivity index (χ2v) is 10.3. The number of hydrogen-bond acceptors (Lipinski definition) is 6. The molecule has 0 bridgehead atoms. The summed E-state index contributed by atoms with van der Waals surface area (Å²) in [6, 6.07) is 13.9. The van der Waals surface area contributed by atoms with E-state index in [9.17, 15) is 23.1 Å². The number of ether oxygens (including phenoxy) is 2. The summed E-state index contributed by atoms with van der Waals surface area (Å²) < 4.78 is 52.7. The highest BCUT2D eigenvalue weighted by molar-refractivity contribution is 7.21. The van der Waals surface area contributed by atoms with Crippen LogP contribution in [0.15, 0.2) is 54.6 Å². The number of phenols is 1. The largest absolute Gasteiger partial charge is 0.508 e. The number of aryl methyl sites for hydroxylation is 1. The van der Waals surface area contributed by atoms with Crippen molar-refractivity contribution >= 4 is 27.2 Å². The van der Waals surface area contributed by atoms with Gasteiger partial charge >= 0.3 is 0 Å². The van der Waals surface area contributed by atoms with Crippen molar-refractivity contribution in [3.8, 4) is 23.0 Å². The van der Waals surface area contributed by atoms with Crippen LogP contribution in [0.2, 0.25) is 0 Å². The fourth-order valence-corrected chi connectivity index (χ4v) is 5.74. The number of benzene rings is 3. The molecule has 1 saturated heterocycles. The second kappa shape index (κ2) is 11.0. The monoisotopic (exact) mass is 541 g/mol. The third kappa shape index (κ3) is 5.35. The number of fused-ring (bicyclic) bond motifs is 1. The lowest BCUT2D eigenvalue weighted by atomic mass is 9.97. The molecule has 5 rings (SSSR count). The number of thiophene rings is 1. The molecule has 0 radical (unpaired) electrons. The number of nitrogens with zero attached hydrogens (tertiary/aromatic N) is 1. The third-order valence-corrected chi connectivity index (χ3v) is 7.60. The Hall–Kier alpha value is -3.56. The fourth-order valence-electron chi connectivity index (χ4n) is 4.63. The van der Waals surface area contributed by atoms with Gasteiger partial charge in [0.15, 0.2) is 5.75 Å². The van der Waals surface area contributed by atoms with Crippen LogP contribution < -0.4 is 9.47 Å². The van der Waals surface area contributed by atoms with Gasteiger partial charge in [0, 0.05) is 35.3 Å². The number of hydrogen-bond donors (Lipinski definition) is 1. The van der Waals surface area contributed by atoms with Crippen molar-refractivity contribution in [1.29, 1.82) is 0 Å². The number of phenolic OH excluding ortho intramolecular Hbond substituents is 1. The summed E-state index contributed by atoms with van der Waals surface area (Å²) in [6.45, 7) is 2.48. The van der Waals surface area contributed by atoms with Crippen LogP contribution in [0.25, 0.3) is 10.1 Å². The van der Waals surface area contributed by atoms with Gasteiger partial charge in [-0.2, -0.15) is 0 Å². The first-order chi connectivity index (χ1) is 18.4. The van der Waals surface area contributed by atoms with Gasteiger partial charge in [0.2, 0.25) is 5.78 Å². The highest BCUT2D eigenvalue weighted by Crippen LogP contribution is 2.43. The predicted molar refractivity (Wildman–Crippen MR) is 141 cm³/mol. The molecule has 0 unspecified atom stereocenters. The van der Waals surface area contributed by atoms with E-state index in [1.165, 1.54) is 18.2 Å². The Morgan fingerprint density at radius 2 is 1.82 bits per heavy atom. The third-order valence-electron chi connectivity index (χ3n) is 6.47. The Morgan fingerprint density at radius 3 is 2.53 bits per heavy atom. The first-order valence-corrected chi connectivity index (χ1v) is 13.1. The Balaban J connectivity index is 1.41. The zero-order valence-corrected chi connectivity index (χ0v) is 21.5. The van der Waals surface area contributed by atoms with Gasteiger partial charge in [-0.1, -0.05) is 0 Å². The maximum atomic E-state index is 13.9. The lowest BCUT2D eigenvalue weighted by Crippen LogP contribution is -2.53. The number of likely N-dealkylation sites (tertiary alicyclic amines) is 1. The molecule has 1 aliphatic heterocycles. The predicted octanol–water partition coefficient (Wildman–Crippen LogP) is 6.97. The molecule has 198 valence electrons. The normalized spacial score (nSPS) is 14.0. The van der Waals surface area contributed by atoms with E-state index in [4.69, 9.17) is 9.47 Å². The Morgan fingerprint density at radius 1 is 1.08 bits per heavy atom. The minimum atomic E-state index is -0.988. The van der Waals surface area contributed by atoms with Crippen LogP contribution in [0.4, 0.5) is 13.2 Å². The average molecular weight is 542 g/mol. The maximum Gasteiger partial charge on any atom is 0.207 e. The lowest BCUT2D eigenvalue weighted by Gasteiger charge is -2.38. The number of alkyl halides is 2. The van der Waals surface area contributed by atoms with Crippen molar-refractivity contribution in [2.45, 2.75) is 26.1 Å². The maximum absolute atomic E-state index is 13.9. The van der Waals surface area contributed by atoms with Crippen molar-refractivity contribution in [3.63, 3.8) is 0 Å². The zero-order chi connectivity index (χ0) is 26.8. The quantitative estimate of drug-likeness (QED) is 0.220. The van der Waals surface area contributed by atoms with Gasteiger partial charge in [-0.05, 0) is 79.1 Å². The van der Waals surface area contributed by atoms with Gasteiger partial charge in [0.1, 0.15) is 40.7 Å². The highest BCUT2D eigenvalue weighted by Gasteiger charge is 2.28. The molecule has 3 aromatic carbocycles. The van der Waals surface area contributed by atoms with Gasteiger partial charge in [-0.3, -0.25) is 14.1 Å². The van der Waals surface area contributed by atoms with Crippen LogP contribution in [-0.2, 0) is 6.67 Å². The van der Waals surface area contributed by atoms with E-state index < -0.39 is 18.3 Å². The van der Waals surface area contributed by atoms with Crippen LogP contribution in [0.5, 0.6) is 23.0 Å². The Bertz CT molecular complexity index is 1470. The van der Waals surface area contributed by atoms with Crippen molar-refractivity contribution in [2.24, 2.45) is 0 Å².